The van der Waals surface area contributed by atoms with Crippen LogP contribution in [-0.2, 0) is 11.2 Å². The quantitative estimate of drug-likeness (QED) is 0.775. The van der Waals surface area contributed by atoms with E-state index < -0.39 is 0 Å². The van der Waals surface area contributed by atoms with Crippen LogP contribution in [-0.4, -0.2) is 16.1 Å². The summed E-state index contributed by atoms with van der Waals surface area (Å²) >= 11 is 0. The molecular formula is C18H16FN3O2. The molecule has 0 spiro atoms. The lowest BCUT2D eigenvalue weighted by Crippen LogP contribution is -2.12. The van der Waals surface area contributed by atoms with Gasteiger partial charge in [0.25, 0.3) is 0 Å². The highest BCUT2D eigenvalue weighted by Gasteiger charge is 2.09. The van der Waals surface area contributed by atoms with E-state index in [2.05, 4.69) is 15.5 Å². The van der Waals surface area contributed by atoms with Crippen LogP contribution >= 0.6 is 0 Å². The summed E-state index contributed by atoms with van der Waals surface area (Å²) in [5.41, 5.74) is 1.88. The first-order chi connectivity index (χ1) is 11.6. The van der Waals surface area contributed by atoms with E-state index in [-0.39, 0.29) is 18.1 Å². The van der Waals surface area contributed by atoms with Gasteiger partial charge < -0.3 is 9.73 Å². The second-order valence-electron chi connectivity index (χ2n) is 5.35. The molecule has 0 aliphatic heterocycles. The Balaban J connectivity index is 1.63. The average Bonchev–Trinajstić information content (AvgIpc) is 3.01. The number of amides is 1. The SMILES string of the molecule is Cc1nnc(-c2cccc(NC(=O)CCc3ccccc3F)c2)o1. The third kappa shape index (κ3) is 3.84. The Morgan fingerprint density at radius 3 is 2.75 bits per heavy atom. The molecule has 0 radical (unpaired) electrons. The molecule has 3 aromatic rings. The maximum Gasteiger partial charge on any atom is 0.247 e. The Morgan fingerprint density at radius 1 is 1.17 bits per heavy atom. The lowest BCUT2D eigenvalue weighted by atomic mass is 10.1. The zero-order chi connectivity index (χ0) is 16.9. The summed E-state index contributed by atoms with van der Waals surface area (Å²) in [4.78, 5) is 12.1. The van der Waals surface area contributed by atoms with Crippen molar-refractivity contribution >= 4 is 11.6 Å². The van der Waals surface area contributed by atoms with Crippen LogP contribution in [0.15, 0.2) is 52.9 Å². The molecule has 0 saturated carbocycles. The van der Waals surface area contributed by atoms with E-state index in [1.807, 2.05) is 6.07 Å². The number of carbonyl (C=O) groups excluding carboxylic acids is 1. The van der Waals surface area contributed by atoms with Crippen molar-refractivity contribution in [3.05, 3.63) is 65.8 Å². The van der Waals surface area contributed by atoms with Gasteiger partial charge in [-0.2, -0.15) is 0 Å². The summed E-state index contributed by atoms with van der Waals surface area (Å²) in [6.45, 7) is 1.71. The summed E-state index contributed by atoms with van der Waals surface area (Å²) in [7, 11) is 0. The highest BCUT2D eigenvalue weighted by atomic mass is 19.1. The number of benzene rings is 2. The van der Waals surface area contributed by atoms with Crippen LogP contribution in [0.5, 0.6) is 0 Å². The number of nitrogens with one attached hydrogen (secondary N) is 1. The Kier molecular flexibility index (Phi) is 4.65. The Labute approximate surface area is 138 Å². The van der Waals surface area contributed by atoms with Crippen LogP contribution in [0.3, 0.4) is 0 Å². The van der Waals surface area contributed by atoms with Crippen LogP contribution in [0, 0.1) is 12.7 Å². The van der Waals surface area contributed by atoms with E-state index in [4.69, 9.17) is 4.42 Å². The molecule has 0 aliphatic carbocycles. The molecule has 3 rings (SSSR count). The molecular weight excluding hydrogens is 309 g/mol. The fourth-order valence-corrected chi connectivity index (χ4v) is 2.32. The maximum atomic E-state index is 13.6. The minimum atomic E-state index is -0.293. The maximum absolute atomic E-state index is 13.6. The molecule has 1 heterocycles. The molecule has 5 nitrogen and oxygen atoms in total. The summed E-state index contributed by atoms with van der Waals surface area (Å²) in [6.07, 6.45) is 0.547. The molecule has 0 saturated heterocycles. The van der Waals surface area contributed by atoms with Gasteiger partial charge in [0.15, 0.2) is 0 Å². The molecule has 122 valence electrons. The monoisotopic (exact) mass is 325 g/mol. The number of halogens is 1. The molecule has 6 heteroatoms. The molecule has 0 bridgehead atoms. The van der Waals surface area contributed by atoms with Crippen LogP contribution in [0.4, 0.5) is 10.1 Å². The summed E-state index contributed by atoms with van der Waals surface area (Å²) in [5.74, 6) is 0.399. The summed E-state index contributed by atoms with van der Waals surface area (Å²) in [5, 5.41) is 10.5. The molecule has 0 fully saturated rings. The second-order valence-corrected chi connectivity index (χ2v) is 5.35. The zero-order valence-corrected chi connectivity index (χ0v) is 13.1. The van der Waals surface area contributed by atoms with Crippen LogP contribution < -0.4 is 5.32 Å². The van der Waals surface area contributed by atoms with Gasteiger partial charge >= 0.3 is 0 Å². The van der Waals surface area contributed by atoms with E-state index >= 15 is 0 Å². The van der Waals surface area contributed by atoms with Gasteiger partial charge in [-0.1, -0.05) is 24.3 Å². The third-order valence-electron chi connectivity index (χ3n) is 3.50. The van der Waals surface area contributed by atoms with E-state index in [1.54, 1.807) is 43.3 Å². The van der Waals surface area contributed by atoms with Gasteiger partial charge in [-0.3, -0.25) is 4.79 Å². The van der Waals surface area contributed by atoms with Gasteiger partial charge in [0.1, 0.15) is 5.82 Å². The predicted molar refractivity (Wildman–Crippen MR) is 87.8 cm³/mol. The zero-order valence-electron chi connectivity index (χ0n) is 13.1. The van der Waals surface area contributed by atoms with Gasteiger partial charge in [0.2, 0.25) is 17.7 Å². The minimum absolute atomic E-state index is 0.183. The van der Waals surface area contributed by atoms with E-state index in [1.165, 1.54) is 6.07 Å². The van der Waals surface area contributed by atoms with Crippen molar-refractivity contribution in [1.82, 2.24) is 10.2 Å². The van der Waals surface area contributed by atoms with E-state index in [0.717, 1.165) is 5.56 Å². The topological polar surface area (TPSA) is 68.0 Å². The molecule has 1 amide bonds. The number of nitrogens with zero attached hydrogens (tertiary/aromatic N) is 2. The third-order valence-corrected chi connectivity index (χ3v) is 3.50. The van der Waals surface area contributed by atoms with Gasteiger partial charge in [0, 0.05) is 24.6 Å². The van der Waals surface area contributed by atoms with Gasteiger partial charge in [-0.25, -0.2) is 4.39 Å². The highest BCUT2D eigenvalue weighted by Crippen LogP contribution is 2.21. The highest BCUT2D eigenvalue weighted by molar-refractivity contribution is 5.91. The first-order valence-corrected chi connectivity index (χ1v) is 7.55. The van der Waals surface area contributed by atoms with Gasteiger partial charge in [-0.15, -0.1) is 10.2 Å². The number of aryl methyl sites for hydroxylation is 2. The first-order valence-electron chi connectivity index (χ1n) is 7.55. The molecule has 1 aromatic heterocycles. The number of anilines is 1. The lowest BCUT2D eigenvalue weighted by molar-refractivity contribution is -0.116. The summed E-state index contributed by atoms with van der Waals surface area (Å²) in [6, 6.07) is 13.6. The van der Waals surface area contributed by atoms with Crippen LogP contribution in [0.1, 0.15) is 17.9 Å². The predicted octanol–water partition coefficient (Wildman–Crippen LogP) is 3.76. The number of rotatable bonds is 5. The van der Waals surface area contributed by atoms with Crippen molar-refractivity contribution in [1.29, 1.82) is 0 Å². The number of carbonyl (C=O) groups is 1. The Morgan fingerprint density at radius 2 is 2.00 bits per heavy atom. The second kappa shape index (κ2) is 7.04. The number of hydrogen-bond acceptors (Lipinski definition) is 4. The normalized spacial score (nSPS) is 10.6. The van der Waals surface area contributed by atoms with Crippen LogP contribution in [0.25, 0.3) is 11.5 Å². The molecule has 0 unspecified atom stereocenters. The van der Waals surface area contributed by atoms with Crippen molar-refractivity contribution in [3.63, 3.8) is 0 Å². The Bertz CT molecular complexity index is 861. The molecule has 2 aromatic carbocycles. The van der Waals surface area contributed by atoms with Gasteiger partial charge in [0.05, 0.1) is 0 Å². The lowest BCUT2D eigenvalue weighted by Gasteiger charge is -2.07. The van der Waals surface area contributed by atoms with Crippen LogP contribution in [0.2, 0.25) is 0 Å². The fourth-order valence-electron chi connectivity index (χ4n) is 2.32. The van der Waals surface area contributed by atoms with Crippen molar-refractivity contribution in [3.8, 4) is 11.5 Å². The van der Waals surface area contributed by atoms with Crippen molar-refractivity contribution in [2.45, 2.75) is 19.8 Å². The summed E-state index contributed by atoms with van der Waals surface area (Å²) < 4.78 is 18.9. The van der Waals surface area contributed by atoms with Crippen molar-refractivity contribution < 1.29 is 13.6 Å². The van der Waals surface area contributed by atoms with Crippen molar-refractivity contribution in [2.75, 3.05) is 5.32 Å². The minimum Gasteiger partial charge on any atom is -0.421 e. The van der Waals surface area contributed by atoms with Crippen molar-refractivity contribution in [2.24, 2.45) is 0 Å². The fraction of sp³-hybridized carbons (Fsp3) is 0.167. The average molecular weight is 325 g/mol. The molecule has 0 aliphatic rings. The van der Waals surface area contributed by atoms with E-state index in [0.29, 0.717) is 29.5 Å². The molecule has 24 heavy (non-hydrogen) atoms. The Hall–Kier alpha value is -3.02. The first kappa shape index (κ1) is 15.9. The number of aromatic nitrogens is 2. The van der Waals surface area contributed by atoms with Gasteiger partial charge in [-0.05, 0) is 36.2 Å². The molecule has 1 N–H and O–H groups in total. The standard InChI is InChI=1S/C18H16FN3O2/c1-12-21-22-18(24-12)14-6-4-7-15(11-14)20-17(23)10-9-13-5-2-3-8-16(13)19/h2-8,11H,9-10H2,1H3,(H,20,23). The largest absolute Gasteiger partial charge is 0.421 e. The number of hydrogen-bond donors (Lipinski definition) is 1. The van der Waals surface area contributed by atoms with E-state index in [9.17, 15) is 9.18 Å². The smallest absolute Gasteiger partial charge is 0.247 e. The molecule has 0 atom stereocenters.